The molecule has 1 fully saturated rings. The van der Waals surface area contributed by atoms with E-state index in [0.29, 0.717) is 16.8 Å². The van der Waals surface area contributed by atoms with E-state index in [1.54, 1.807) is 14.2 Å². The number of para-hydroxylation sites is 1. The summed E-state index contributed by atoms with van der Waals surface area (Å²) in [5, 5.41) is 4.23. The summed E-state index contributed by atoms with van der Waals surface area (Å²) in [6, 6.07) is 23.3. The highest BCUT2D eigenvalue weighted by Crippen LogP contribution is 2.62. The maximum atomic E-state index is 15.3. The van der Waals surface area contributed by atoms with Gasteiger partial charge in [0, 0.05) is 36.3 Å². The molecule has 0 aliphatic heterocycles. The second-order valence-corrected chi connectivity index (χ2v) is 11.8. The average Bonchev–Trinajstić information content (AvgIpc) is 2.92. The van der Waals surface area contributed by atoms with Crippen molar-refractivity contribution >= 4 is 24.0 Å². The quantitative estimate of drug-likeness (QED) is 0.303. The molecule has 0 heterocycles. The van der Waals surface area contributed by atoms with Crippen LogP contribution in [0.5, 0.6) is 11.5 Å². The van der Waals surface area contributed by atoms with Crippen LogP contribution >= 0.6 is 7.37 Å². The van der Waals surface area contributed by atoms with E-state index in [2.05, 4.69) is 5.32 Å². The number of hydrogen-bond donors (Lipinski definition) is 1. The van der Waals surface area contributed by atoms with Gasteiger partial charge in [0.25, 0.3) is 7.37 Å². The maximum absolute atomic E-state index is 15.3. The van der Waals surface area contributed by atoms with Crippen LogP contribution in [0.25, 0.3) is 0 Å². The third kappa shape index (κ3) is 5.88. The number of nitrogens with one attached hydrogen (secondary N) is 1. The van der Waals surface area contributed by atoms with Crippen molar-refractivity contribution in [2.75, 3.05) is 38.5 Å². The maximum Gasteiger partial charge on any atom is 0.258 e. The average molecular weight is 509 g/mol. The summed E-state index contributed by atoms with van der Waals surface area (Å²) in [4.78, 5) is 2.03. The molecule has 1 N–H and O–H groups in total. The molecule has 0 radical (unpaired) electrons. The molecule has 0 amide bonds. The number of benzene rings is 3. The molecule has 3 aromatic rings. The monoisotopic (exact) mass is 508 g/mol. The highest BCUT2D eigenvalue weighted by molar-refractivity contribution is 7.67. The van der Waals surface area contributed by atoms with Gasteiger partial charge in [-0.1, -0.05) is 37.5 Å². The Labute approximate surface area is 215 Å². The molecule has 0 bridgehead atoms. The van der Waals surface area contributed by atoms with E-state index in [-0.39, 0.29) is 6.10 Å². The highest BCUT2D eigenvalue weighted by atomic mass is 31.2. The zero-order valence-corrected chi connectivity index (χ0v) is 22.5. The van der Waals surface area contributed by atoms with E-state index >= 15 is 4.57 Å². The van der Waals surface area contributed by atoms with Crippen molar-refractivity contribution in [2.24, 2.45) is 0 Å². The molecule has 0 unspecified atom stereocenters. The first-order valence-corrected chi connectivity index (χ1v) is 14.2. The molecule has 192 valence electrons. The Morgan fingerprint density at radius 1 is 0.889 bits per heavy atom. The zero-order chi connectivity index (χ0) is 25.5. The number of nitrogens with zero attached hydrogens (tertiary/aromatic N) is 1. The van der Waals surface area contributed by atoms with E-state index in [1.807, 2.05) is 91.8 Å². The minimum Gasteiger partial charge on any atom is -0.497 e. The lowest BCUT2D eigenvalue weighted by Gasteiger charge is -2.34. The lowest BCUT2D eigenvalue weighted by Crippen LogP contribution is -2.26. The Morgan fingerprint density at radius 3 is 2.19 bits per heavy atom. The normalized spacial score (nSPS) is 16.6. The SMILES string of the molecule is COc1ccc(OC)c([C@H](Nc2ccccc2)[P@](=O)(OC2CCCCC2)c2ccc(N(C)C)cc2)c1. The molecule has 1 aliphatic carbocycles. The Balaban J connectivity index is 1.88. The van der Waals surface area contributed by atoms with E-state index < -0.39 is 13.2 Å². The van der Waals surface area contributed by atoms with Crippen LogP contribution in [0.4, 0.5) is 11.4 Å². The van der Waals surface area contributed by atoms with E-state index in [4.69, 9.17) is 14.0 Å². The third-order valence-electron chi connectivity index (χ3n) is 6.73. The fourth-order valence-electron chi connectivity index (χ4n) is 4.71. The summed E-state index contributed by atoms with van der Waals surface area (Å²) in [7, 11) is 3.72. The van der Waals surface area contributed by atoms with Crippen molar-refractivity contribution in [1.29, 1.82) is 0 Å². The summed E-state index contributed by atoms with van der Waals surface area (Å²) in [5.74, 6) is 0.608. The second-order valence-electron chi connectivity index (χ2n) is 9.39. The molecule has 1 aliphatic rings. The summed E-state index contributed by atoms with van der Waals surface area (Å²) in [6.45, 7) is 0. The molecule has 2 atom stereocenters. The smallest absolute Gasteiger partial charge is 0.258 e. The minimum atomic E-state index is -3.52. The number of hydrogen-bond acceptors (Lipinski definition) is 6. The van der Waals surface area contributed by atoms with Gasteiger partial charge in [0.15, 0.2) is 0 Å². The fourth-order valence-corrected chi connectivity index (χ4v) is 7.36. The molecule has 7 heteroatoms. The molecule has 36 heavy (non-hydrogen) atoms. The highest BCUT2D eigenvalue weighted by Gasteiger charge is 2.42. The van der Waals surface area contributed by atoms with E-state index in [1.165, 1.54) is 6.42 Å². The Kier molecular flexibility index (Phi) is 8.60. The van der Waals surface area contributed by atoms with Crippen molar-refractivity contribution in [3.63, 3.8) is 0 Å². The predicted octanol–water partition coefficient (Wildman–Crippen LogP) is 6.83. The Morgan fingerprint density at radius 2 is 1.58 bits per heavy atom. The van der Waals surface area contributed by atoms with Crippen molar-refractivity contribution in [3.8, 4) is 11.5 Å². The number of ether oxygens (including phenoxy) is 2. The van der Waals surface area contributed by atoms with Gasteiger partial charge in [-0.3, -0.25) is 4.57 Å². The van der Waals surface area contributed by atoms with Gasteiger partial charge >= 0.3 is 0 Å². The molecule has 6 nitrogen and oxygen atoms in total. The summed E-state index contributed by atoms with van der Waals surface area (Å²) < 4.78 is 33.4. The Bertz CT molecular complexity index is 1160. The molecule has 0 aromatic heterocycles. The largest absolute Gasteiger partial charge is 0.497 e. The van der Waals surface area contributed by atoms with Crippen LogP contribution < -0.4 is 25.0 Å². The van der Waals surface area contributed by atoms with Crippen LogP contribution in [0.1, 0.15) is 43.5 Å². The van der Waals surface area contributed by atoms with Gasteiger partial charge in [-0.05, 0) is 67.4 Å². The fraction of sp³-hybridized carbons (Fsp3) is 0.379. The van der Waals surface area contributed by atoms with Gasteiger partial charge in [-0.15, -0.1) is 0 Å². The molecule has 4 rings (SSSR count). The minimum absolute atomic E-state index is 0.0604. The predicted molar refractivity (Wildman–Crippen MR) is 148 cm³/mol. The molecular weight excluding hydrogens is 471 g/mol. The summed E-state index contributed by atoms with van der Waals surface area (Å²) in [5.41, 5.74) is 2.62. The number of methoxy groups -OCH3 is 2. The van der Waals surface area contributed by atoms with Gasteiger partial charge in [0.1, 0.15) is 17.3 Å². The first-order valence-electron chi connectivity index (χ1n) is 12.5. The van der Waals surface area contributed by atoms with Crippen LogP contribution in [-0.2, 0) is 9.09 Å². The third-order valence-corrected chi connectivity index (χ3v) is 9.45. The molecule has 1 saturated carbocycles. The van der Waals surface area contributed by atoms with Crippen LogP contribution in [0.3, 0.4) is 0 Å². The lowest BCUT2D eigenvalue weighted by atomic mass is 9.98. The summed E-state index contributed by atoms with van der Waals surface area (Å²) in [6.07, 6.45) is 5.12. The number of rotatable bonds is 10. The molecule has 0 saturated heterocycles. The van der Waals surface area contributed by atoms with Gasteiger partial charge < -0.3 is 24.2 Å². The number of anilines is 2. The van der Waals surface area contributed by atoms with Crippen molar-refractivity contribution in [1.82, 2.24) is 0 Å². The topological polar surface area (TPSA) is 60.0 Å². The van der Waals surface area contributed by atoms with Crippen LogP contribution in [0.2, 0.25) is 0 Å². The standard InChI is InChI=1S/C29H37N2O4P/c1-31(2)23-15-18-26(19-16-23)36(32,35-24-13-9-6-10-14-24)29(30-22-11-7-5-8-12-22)27-21-25(33-3)17-20-28(27)34-4/h5,7-8,11-12,15-21,24,29-30H,6,9-10,13-14H2,1-4H3/t29-,36-/m1/s1. The van der Waals surface area contributed by atoms with Crippen LogP contribution in [0.15, 0.2) is 72.8 Å². The summed E-state index contributed by atoms with van der Waals surface area (Å²) >= 11 is 0. The van der Waals surface area contributed by atoms with Crippen LogP contribution in [-0.4, -0.2) is 34.4 Å². The Hall–Kier alpha value is -2.95. The van der Waals surface area contributed by atoms with Crippen molar-refractivity contribution in [2.45, 2.75) is 44.0 Å². The first kappa shape index (κ1) is 26.1. The van der Waals surface area contributed by atoms with E-state index in [9.17, 15) is 0 Å². The van der Waals surface area contributed by atoms with Gasteiger partial charge in [0.2, 0.25) is 0 Å². The van der Waals surface area contributed by atoms with Crippen LogP contribution in [0, 0.1) is 0 Å². The van der Waals surface area contributed by atoms with E-state index in [0.717, 1.165) is 42.6 Å². The first-order chi connectivity index (χ1) is 17.4. The second kappa shape index (κ2) is 11.9. The van der Waals surface area contributed by atoms with Gasteiger partial charge in [0.05, 0.1) is 20.3 Å². The van der Waals surface area contributed by atoms with Crippen molar-refractivity contribution in [3.05, 3.63) is 78.4 Å². The van der Waals surface area contributed by atoms with Gasteiger partial charge in [-0.2, -0.15) is 0 Å². The lowest BCUT2D eigenvalue weighted by molar-refractivity contribution is 0.159. The zero-order valence-electron chi connectivity index (χ0n) is 21.6. The molecule has 0 spiro atoms. The van der Waals surface area contributed by atoms with Crippen molar-refractivity contribution < 1.29 is 18.6 Å². The van der Waals surface area contributed by atoms with Gasteiger partial charge in [-0.25, -0.2) is 0 Å². The molecule has 3 aromatic carbocycles. The molecular formula is C29H37N2O4P.